The molecule has 1 nitrogen and oxygen atoms in total. The Hall–Kier alpha value is -1.24. The highest BCUT2D eigenvalue weighted by atomic mass is 16.5. The van der Waals surface area contributed by atoms with Gasteiger partial charge in [0.2, 0.25) is 0 Å². The third-order valence-electron chi connectivity index (χ3n) is 0.963. The lowest BCUT2D eigenvalue weighted by Crippen LogP contribution is -1.60. The molecule has 0 aromatic rings. The van der Waals surface area contributed by atoms with Gasteiger partial charge in [-0.05, 0) is 13.0 Å². The molecular weight excluding hydrogens is 136 g/mol. The summed E-state index contributed by atoms with van der Waals surface area (Å²) in [5.41, 5.74) is 0. The molecule has 0 aliphatic carbocycles. The van der Waals surface area contributed by atoms with Crippen molar-refractivity contribution in [2.24, 2.45) is 0 Å². The fourth-order valence-corrected chi connectivity index (χ4v) is 0.492. The van der Waals surface area contributed by atoms with Crippen LogP contribution >= 0.6 is 0 Å². The van der Waals surface area contributed by atoms with E-state index in [0.717, 1.165) is 0 Å². The second-order valence-corrected chi connectivity index (χ2v) is 1.86. The first-order valence-corrected chi connectivity index (χ1v) is 3.55. The quantitative estimate of drug-likeness (QED) is 0.442. The van der Waals surface area contributed by atoms with Gasteiger partial charge in [-0.1, -0.05) is 36.5 Å². The molecule has 0 rings (SSSR count). The number of rotatable bonds is 4. The Morgan fingerprint density at radius 1 is 0.818 bits per heavy atom. The van der Waals surface area contributed by atoms with Gasteiger partial charge in [-0.15, -0.1) is 0 Å². The highest BCUT2D eigenvalue weighted by Gasteiger charge is 1.61. The molecule has 0 saturated carbocycles. The van der Waals surface area contributed by atoms with Crippen LogP contribution in [0.25, 0.3) is 0 Å². The molecular formula is C10H14O. The molecule has 0 saturated heterocycles. The summed E-state index contributed by atoms with van der Waals surface area (Å²) in [6, 6.07) is 0. The summed E-state index contributed by atoms with van der Waals surface area (Å²) in [5, 5.41) is 0. The van der Waals surface area contributed by atoms with E-state index in [4.69, 9.17) is 4.74 Å². The minimum Gasteiger partial charge on any atom is -0.504 e. The van der Waals surface area contributed by atoms with Crippen LogP contribution in [0.3, 0.4) is 0 Å². The fraction of sp³-hybridized carbons (Fsp3) is 0.200. The van der Waals surface area contributed by atoms with Crippen molar-refractivity contribution in [3.63, 3.8) is 0 Å². The topological polar surface area (TPSA) is 9.23 Å². The SMILES string of the molecule is C/C=C/C=C/C=C/C=C/OC. The monoisotopic (exact) mass is 150 g/mol. The van der Waals surface area contributed by atoms with E-state index in [1.807, 2.05) is 49.5 Å². The Bertz CT molecular complexity index is 173. The van der Waals surface area contributed by atoms with Gasteiger partial charge in [0.05, 0.1) is 13.4 Å². The molecule has 0 atom stereocenters. The van der Waals surface area contributed by atoms with E-state index in [0.29, 0.717) is 0 Å². The molecule has 60 valence electrons. The van der Waals surface area contributed by atoms with E-state index in [2.05, 4.69) is 0 Å². The van der Waals surface area contributed by atoms with E-state index in [1.54, 1.807) is 13.4 Å². The van der Waals surface area contributed by atoms with Crippen LogP contribution in [-0.2, 0) is 4.74 Å². The van der Waals surface area contributed by atoms with Gasteiger partial charge in [0.15, 0.2) is 0 Å². The molecule has 0 bridgehead atoms. The lowest BCUT2D eigenvalue weighted by molar-refractivity contribution is 0.338. The first-order chi connectivity index (χ1) is 5.41. The van der Waals surface area contributed by atoms with E-state index >= 15 is 0 Å². The number of ether oxygens (including phenoxy) is 1. The van der Waals surface area contributed by atoms with Crippen molar-refractivity contribution < 1.29 is 4.74 Å². The lowest BCUT2D eigenvalue weighted by Gasteiger charge is -1.79. The van der Waals surface area contributed by atoms with Crippen molar-refractivity contribution in [1.29, 1.82) is 0 Å². The molecule has 1 heteroatoms. The Kier molecular flexibility index (Phi) is 7.77. The number of methoxy groups -OCH3 is 1. The van der Waals surface area contributed by atoms with Crippen LogP contribution in [0.15, 0.2) is 48.8 Å². The van der Waals surface area contributed by atoms with Gasteiger partial charge in [0, 0.05) is 0 Å². The first kappa shape index (κ1) is 9.76. The number of allylic oxidation sites excluding steroid dienone is 7. The molecule has 0 aliphatic rings. The second kappa shape index (κ2) is 8.76. The van der Waals surface area contributed by atoms with Crippen molar-refractivity contribution in [3.05, 3.63) is 48.8 Å². The van der Waals surface area contributed by atoms with Crippen molar-refractivity contribution in [1.82, 2.24) is 0 Å². The smallest absolute Gasteiger partial charge is 0.0824 e. The summed E-state index contributed by atoms with van der Waals surface area (Å²) in [7, 11) is 1.62. The van der Waals surface area contributed by atoms with Gasteiger partial charge in [0.1, 0.15) is 0 Å². The van der Waals surface area contributed by atoms with Crippen LogP contribution in [0, 0.1) is 0 Å². The van der Waals surface area contributed by atoms with Crippen LogP contribution < -0.4 is 0 Å². The zero-order valence-electron chi connectivity index (χ0n) is 7.03. The van der Waals surface area contributed by atoms with E-state index in [-0.39, 0.29) is 0 Å². The van der Waals surface area contributed by atoms with Crippen LogP contribution in [0.4, 0.5) is 0 Å². The van der Waals surface area contributed by atoms with Crippen LogP contribution in [0.5, 0.6) is 0 Å². The fourth-order valence-electron chi connectivity index (χ4n) is 0.492. The summed E-state index contributed by atoms with van der Waals surface area (Å²) in [4.78, 5) is 0. The summed E-state index contributed by atoms with van der Waals surface area (Å²) in [5.74, 6) is 0. The van der Waals surface area contributed by atoms with Gasteiger partial charge in [-0.2, -0.15) is 0 Å². The predicted octanol–water partition coefficient (Wildman–Crippen LogP) is 2.84. The predicted molar refractivity (Wildman–Crippen MR) is 49.2 cm³/mol. The van der Waals surface area contributed by atoms with Gasteiger partial charge in [-0.25, -0.2) is 0 Å². The van der Waals surface area contributed by atoms with Gasteiger partial charge in [0.25, 0.3) is 0 Å². The molecule has 0 radical (unpaired) electrons. The zero-order chi connectivity index (χ0) is 8.36. The van der Waals surface area contributed by atoms with E-state index in [9.17, 15) is 0 Å². The maximum atomic E-state index is 4.70. The Morgan fingerprint density at radius 2 is 1.36 bits per heavy atom. The minimum absolute atomic E-state index is 1.62. The van der Waals surface area contributed by atoms with Crippen LogP contribution in [0.1, 0.15) is 6.92 Å². The number of hydrogen-bond acceptors (Lipinski definition) is 1. The summed E-state index contributed by atoms with van der Waals surface area (Å²) >= 11 is 0. The normalized spacial score (nSPS) is 12.9. The molecule has 0 aromatic carbocycles. The molecule has 0 aromatic heterocycles. The molecule has 11 heavy (non-hydrogen) atoms. The maximum Gasteiger partial charge on any atom is 0.0824 e. The van der Waals surface area contributed by atoms with E-state index in [1.165, 1.54) is 0 Å². The second-order valence-electron chi connectivity index (χ2n) is 1.86. The van der Waals surface area contributed by atoms with Crippen molar-refractivity contribution >= 4 is 0 Å². The first-order valence-electron chi connectivity index (χ1n) is 3.55. The third-order valence-corrected chi connectivity index (χ3v) is 0.963. The molecule has 0 heterocycles. The highest BCUT2D eigenvalue weighted by molar-refractivity contribution is 5.14. The lowest BCUT2D eigenvalue weighted by atomic mass is 10.4. The molecule has 0 N–H and O–H groups in total. The molecule has 0 spiro atoms. The van der Waals surface area contributed by atoms with Gasteiger partial charge < -0.3 is 4.74 Å². The van der Waals surface area contributed by atoms with Crippen molar-refractivity contribution in [2.45, 2.75) is 6.92 Å². The summed E-state index contributed by atoms with van der Waals surface area (Å²) < 4.78 is 4.70. The maximum absolute atomic E-state index is 4.70. The minimum atomic E-state index is 1.62. The summed E-state index contributed by atoms with van der Waals surface area (Å²) in [6.07, 6.45) is 15.2. The summed E-state index contributed by atoms with van der Waals surface area (Å²) in [6.45, 7) is 1.98. The molecule has 0 fully saturated rings. The van der Waals surface area contributed by atoms with Gasteiger partial charge >= 0.3 is 0 Å². The Balaban J connectivity index is 3.51. The van der Waals surface area contributed by atoms with Crippen LogP contribution in [0.2, 0.25) is 0 Å². The zero-order valence-corrected chi connectivity index (χ0v) is 7.03. The Labute approximate surface area is 68.4 Å². The average Bonchev–Trinajstić information content (AvgIpc) is 2.03. The van der Waals surface area contributed by atoms with Crippen molar-refractivity contribution in [2.75, 3.05) is 7.11 Å². The largest absolute Gasteiger partial charge is 0.504 e. The average molecular weight is 150 g/mol. The third kappa shape index (κ3) is 8.76. The van der Waals surface area contributed by atoms with Crippen LogP contribution in [-0.4, -0.2) is 7.11 Å². The number of hydrogen-bond donors (Lipinski definition) is 0. The highest BCUT2D eigenvalue weighted by Crippen LogP contribution is 1.81. The molecule has 0 aliphatic heterocycles. The Morgan fingerprint density at radius 3 is 1.91 bits per heavy atom. The van der Waals surface area contributed by atoms with Gasteiger partial charge in [-0.3, -0.25) is 0 Å². The standard InChI is InChI=1S/C10H14O/c1-3-4-5-6-7-8-9-10-11-2/h3-10H,1-2H3/b4-3+,6-5+,8-7+,10-9+. The van der Waals surface area contributed by atoms with Crippen molar-refractivity contribution in [3.8, 4) is 0 Å². The molecule has 0 amide bonds. The molecule has 0 unspecified atom stereocenters. The van der Waals surface area contributed by atoms with E-state index < -0.39 is 0 Å².